The Morgan fingerprint density at radius 3 is 2.59 bits per heavy atom. The van der Waals surface area contributed by atoms with Gasteiger partial charge in [-0.05, 0) is 35.7 Å². The van der Waals surface area contributed by atoms with Crippen LogP contribution < -0.4 is 4.90 Å². The lowest BCUT2D eigenvalue weighted by Crippen LogP contribution is -2.18. The van der Waals surface area contributed by atoms with Crippen molar-refractivity contribution >= 4 is 17.2 Å². The molecule has 0 saturated heterocycles. The molecule has 0 amide bonds. The van der Waals surface area contributed by atoms with Crippen LogP contribution in [0.5, 0.6) is 0 Å². The molecule has 6 nitrogen and oxygen atoms in total. The summed E-state index contributed by atoms with van der Waals surface area (Å²) in [6.45, 7) is 0.626. The van der Waals surface area contributed by atoms with Gasteiger partial charge in [-0.25, -0.2) is 4.68 Å². The molecule has 3 aromatic heterocycles. The van der Waals surface area contributed by atoms with Crippen molar-refractivity contribution in [3.8, 4) is 22.3 Å². The highest BCUT2D eigenvalue weighted by Crippen LogP contribution is 2.29. The number of thiophene rings is 1. The number of anilines is 1. The Kier molecular flexibility index (Phi) is 4.64. The van der Waals surface area contributed by atoms with Gasteiger partial charge in [0.2, 0.25) is 0 Å². The third-order valence-corrected chi connectivity index (χ3v) is 5.01. The summed E-state index contributed by atoms with van der Waals surface area (Å²) in [4.78, 5) is 3.12. The lowest BCUT2D eigenvalue weighted by Gasteiger charge is -2.17. The van der Waals surface area contributed by atoms with Crippen LogP contribution in [0.15, 0.2) is 66.2 Å². The van der Waals surface area contributed by atoms with E-state index in [1.807, 2.05) is 59.1 Å². The highest BCUT2D eigenvalue weighted by atomic mass is 32.1. The molecule has 4 rings (SSSR count). The first kappa shape index (κ1) is 16.9. The maximum Gasteiger partial charge on any atom is 0.163 e. The highest BCUT2D eigenvalue weighted by Gasteiger charge is 2.16. The number of aromatic nitrogens is 4. The predicted octanol–water partition coefficient (Wildman–Crippen LogP) is 3.90. The van der Waals surface area contributed by atoms with Crippen molar-refractivity contribution in [2.75, 3.05) is 11.9 Å². The molecule has 1 aromatic carbocycles. The Morgan fingerprint density at radius 2 is 1.93 bits per heavy atom. The molecule has 0 spiro atoms. The van der Waals surface area contributed by atoms with Crippen LogP contribution in [-0.4, -0.2) is 27.0 Å². The van der Waals surface area contributed by atoms with E-state index in [4.69, 9.17) is 10.4 Å². The van der Waals surface area contributed by atoms with E-state index in [0.29, 0.717) is 18.1 Å². The molecule has 3 heterocycles. The largest absolute Gasteiger partial charge is 0.354 e. The minimum Gasteiger partial charge on any atom is -0.354 e. The molecule has 27 heavy (non-hydrogen) atoms. The third kappa shape index (κ3) is 3.57. The van der Waals surface area contributed by atoms with E-state index in [2.05, 4.69) is 27.8 Å². The molecule has 0 fully saturated rings. The van der Waals surface area contributed by atoms with Gasteiger partial charge in [0.25, 0.3) is 0 Å². The van der Waals surface area contributed by atoms with Crippen LogP contribution in [0.25, 0.3) is 16.3 Å². The Labute approximate surface area is 161 Å². The van der Waals surface area contributed by atoms with Gasteiger partial charge in [-0.2, -0.15) is 10.4 Å². The van der Waals surface area contributed by atoms with E-state index in [9.17, 15) is 0 Å². The smallest absolute Gasteiger partial charge is 0.163 e. The van der Waals surface area contributed by atoms with Gasteiger partial charge in [0.1, 0.15) is 11.8 Å². The molecule has 0 unspecified atom stereocenters. The summed E-state index contributed by atoms with van der Waals surface area (Å²) in [5.41, 5.74) is 3.38. The maximum atomic E-state index is 8.88. The molecule has 4 aromatic rings. The number of hydrogen-bond donors (Lipinski definition) is 0. The van der Waals surface area contributed by atoms with Gasteiger partial charge in [0.05, 0.1) is 10.6 Å². The molecule has 0 radical (unpaired) electrons. The Hall–Kier alpha value is -3.50. The minimum atomic E-state index is 0.309. The molecule has 0 saturated carbocycles. The van der Waals surface area contributed by atoms with Crippen LogP contribution >= 0.6 is 11.3 Å². The van der Waals surface area contributed by atoms with Crippen LogP contribution in [0.4, 0.5) is 5.82 Å². The molecule has 7 heteroatoms. The normalized spacial score (nSPS) is 10.5. The molecular formula is C20H16N6S. The molecule has 132 valence electrons. The molecule has 0 aliphatic rings. The van der Waals surface area contributed by atoms with Crippen molar-refractivity contribution < 1.29 is 0 Å². The van der Waals surface area contributed by atoms with E-state index in [0.717, 1.165) is 21.8 Å². The molecule has 0 aliphatic carbocycles. The Balaban J connectivity index is 1.68. The molecule has 0 atom stereocenters. The average molecular weight is 372 g/mol. The number of para-hydroxylation sites is 1. The fourth-order valence-electron chi connectivity index (χ4n) is 2.78. The van der Waals surface area contributed by atoms with Gasteiger partial charge < -0.3 is 4.90 Å². The molecule has 0 bridgehead atoms. The van der Waals surface area contributed by atoms with Gasteiger partial charge in [-0.1, -0.05) is 24.3 Å². The number of nitrogens with zero attached hydrogens (tertiary/aromatic N) is 6. The zero-order chi connectivity index (χ0) is 18.6. The molecular weight excluding hydrogens is 356 g/mol. The van der Waals surface area contributed by atoms with E-state index in [-0.39, 0.29) is 0 Å². The molecule has 0 N–H and O–H groups in total. The van der Waals surface area contributed by atoms with Crippen LogP contribution in [0.2, 0.25) is 0 Å². The van der Waals surface area contributed by atoms with Gasteiger partial charge in [-0.3, -0.25) is 0 Å². The van der Waals surface area contributed by atoms with Gasteiger partial charge >= 0.3 is 0 Å². The standard InChI is InChI=1S/C20H16N6S/c1-25(19-10-9-16(12-21)22-23-19)13-15-14-26(17-6-3-2-4-7-17)24-20(15)18-8-5-11-27-18/h2-11,14H,13H2,1H3. The van der Waals surface area contributed by atoms with E-state index >= 15 is 0 Å². The Morgan fingerprint density at radius 1 is 1.07 bits per heavy atom. The second-order valence-electron chi connectivity index (χ2n) is 6.01. The lowest BCUT2D eigenvalue weighted by atomic mass is 10.2. The summed E-state index contributed by atoms with van der Waals surface area (Å²) < 4.78 is 1.91. The van der Waals surface area contributed by atoms with Crippen LogP contribution in [0, 0.1) is 11.3 Å². The van der Waals surface area contributed by atoms with Crippen molar-refractivity contribution in [2.24, 2.45) is 0 Å². The van der Waals surface area contributed by atoms with E-state index in [1.54, 1.807) is 23.5 Å². The second-order valence-corrected chi connectivity index (χ2v) is 6.95. The zero-order valence-corrected chi connectivity index (χ0v) is 15.5. The minimum absolute atomic E-state index is 0.309. The van der Waals surface area contributed by atoms with E-state index < -0.39 is 0 Å². The first-order chi connectivity index (χ1) is 13.2. The van der Waals surface area contributed by atoms with Crippen molar-refractivity contribution in [3.63, 3.8) is 0 Å². The summed E-state index contributed by atoms with van der Waals surface area (Å²) >= 11 is 1.67. The zero-order valence-electron chi connectivity index (χ0n) is 14.6. The SMILES string of the molecule is CN(Cc1cn(-c2ccccc2)nc1-c1cccs1)c1ccc(C#N)nn1. The fourth-order valence-corrected chi connectivity index (χ4v) is 3.53. The summed E-state index contributed by atoms with van der Waals surface area (Å²) in [5, 5.41) is 23.8. The number of rotatable bonds is 5. The van der Waals surface area contributed by atoms with Crippen molar-refractivity contribution in [3.05, 3.63) is 77.4 Å². The fraction of sp³-hybridized carbons (Fsp3) is 0.100. The summed E-state index contributed by atoms with van der Waals surface area (Å²) in [5.74, 6) is 0.707. The van der Waals surface area contributed by atoms with Crippen LogP contribution in [0.1, 0.15) is 11.3 Å². The summed E-state index contributed by atoms with van der Waals surface area (Å²) in [6.07, 6.45) is 2.05. The predicted molar refractivity (Wildman–Crippen MR) is 106 cm³/mol. The molecule has 0 aliphatic heterocycles. The number of nitriles is 1. The van der Waals surface area contributed by atoms with Crippen molar-refractivity contribution in [1.29, 1.82) is 5.26 Å². The highest BCUT2D eigenvalue weighted by molar-refractivity contribution is 7.13. The van der Waals surface area contributed by atoms with Crippen molar-refractivity contribution in [2.45, 2.75) is 6.54 Å². The second kappa shape index (κ2) is 7.40. The number of hydrogen-bond acceptors (Lipinski definition) is 6. The Bertz CT molecular complexity index is 1060. The van der Waals surface area contributed by atoms with Gasteiger partial charge in [0, 0.05) is 25.4 Å². The summed E-state index contributed by atoms with van der Waals surface area (Å²) in [7, 11) is 1.95. The van der Waals surface area contributed by atoms with Crippen molar-refractivity contribution in [1.82, 2.24) is 20.0 Å². The third-order valence-electron chi connectivity index (χ3n) is 4.13. The van der Waals surface area contributed by atoms with Crippen LogP contribution in [-0.2, 0) is 6.54 Å². The van der Waals surface area contributed by atoms with E-state index in [1.165, 1.54) is 0 Å². The first-order valence-corrected chi connectivity index (χ1v) is 9.25. The monoisotopic (exact) mass is 372 g/mol. The lowest BCUT2D eigenvalue weighted by molar-refractivity contribution is 0.858. The average Bonchev–Trinajstić information content (AvgIpc) is 3.38. The maximum absolute atomic E-state index is 8.88. The quantitative estimate of drug-likeness (QED) is 0.531. The topological polar surface area (TPSA) is 70.6 Å². The van der Waals surface area contributed by atoms with Crippen LogP contribution in [0.3, 0.4) is 0 Å². The summed E-state index contributed by atoms with van der Waals surface area (Å²) in [6, 6.07) is 19.6. The van der Waals surface area contributed by atoms with Gasteiger partial charge in [-0.15, -0.1) is 21.5 Å². The van der Waals surface area contributed by atoms with Gasteiger partial charge in [0.15, 0.2) is 11.5 Å². The first-order valence-electron chi connectivity index (χ1n) is 8.37. The number of benzene rings is 1.